The van der Waals surface area contributed by atoms with Gasteiger partial charge in [0.05, 0.1) is 45.2 Å². The number of hydrogen-bond donors (Lipinski definition) is 3. The van der Waals surface area contributed by atoms with Crippen LogP contribution in [0.3, 0.4) is 0 Å². The van der Waals surface area contributed by atoms with Gasteiger partial charge in [0, 0.05) is 0 Å². The topological polar surface area (TPSA) is 123 Å². The van der Waals surface area contributed by atoms with Gasteiger partial charge in [-0.3, -0.25) is 9.11 Å². The predicted molar refractivity (Wildman–Crippen MR) is 68.6 cm³/mol. The molecule has 0 spiro atoms. The van der Waals surface area contributed by atoms with Crippen LogP contribution >= 0.6 is 0 Å². The van der Waals surface area contributed by atoms with Crippen molar-refractivity contribution in [3.05, 3.63) is 0 Å². The van der Waals surface area contributed by atoms with Gasteiger partial charge in [-0.25, -0.2) is 0 Å². The third-order valence-corrected chi connectivity index (χ3v) is 1.37. The second kappa shape index (κ2) is 11.5. The quantitative estimate of drug-likeness (QED) is 0.428. The maximum absolute atomic E-state index is 8.74. The van der Waals surface area contributed by atoms with Gasteiger partial charge in [-0.05, 0) is 20.8 Å². The first kappa shape index (κ1) is 21.0. The van der Waals surface area contributed by atoms with E-state index in [0.29, 0.717) is 33.0 Å². The van der Waals surface area contributed by atoms with Crippen molar-refractivity contribution >= 4 is 10.4 Å². The molecule has 0 rings (SSSR count). The molecule has 9 heteroatoms. The zero-order valence-electron chi connectivity index (χ0n) is 11.5. The van der Waals surface area contributed by atoms with Crippen molar-refractivity contribution in [2.75, 3.05) is 39.6 Å². The summed E-state index contributed by atoms with van der Waals surface area (Å²) in [7, 11) is -4.67. The van der Waals surface area contributed by atoms with E-state index in [1.54, 1.807) is 0 Å². The van der Waals surface area contributed by atoms with Crippen molar-refractivity contribution < 1.29 is 36.8 Å². The maximum Gasteiger partial charge on any atom is 0.394 e. The highest BCUT2D eigenvalue weighted by molar-refractivity contribution is 7.79. The highest BCUT2D eigenvalue weighted by Gasteiger charge is 2.08. The summed E-state index contributed by atoms with van der Waals surface area (Å²) in [6.45, 7) is 8.73. The van der Waals surface area contributed by atoms with Crippen LogP contribution in [0.1, 0.15) is 20.8 Å². The molecule has 0 bridgehead atoms. The van der Waals surface area contributed by atoms with Crippen LogP contribution in [0, 0.1) is 0 Å². The molecule has 3 N–H and O–H groups in total. The first-order valence-electron chi connectivity index (χ1n) is 5.66. The molecule has 0 aliphatic rings. The van der Waals surface area contributed by atoms with Crippen molar-refractivity contribution in [3.8, 4) is 0 Å². The van der Waals surface area contributed by atoms with Crippen LogP contribution in [0.25, 0.3) is 0 Å². The van der Waals surface area contributed by atoms with E-state index >= 15 is 0 Å². The molecule has 0 heterocycles. The average molecular weight is 304 g/mol. The molecule has 0 unspecified atom stereocenters. The van der Waals surface area contributed by atoms with Crippen LogP contribution in [0.5, 0.6) is 0 Å². The molecular formula is C10H24O8S. The third kappa shape index (κ3) is 38.1. The summed E-state index contributed by atoms with van der Waals surface area (Å²) in [4.78, 5) is 0. The molecule has 0 saturated carbocycles. The number of rotatable bonds is 8. The molecule has 8 nitrogen and oxygen atoms in total. The summed E-state index contributed by atoms with van der Waals surface area (Å²) in [6.07, 6.45) is 0. The lowest BCUT2D eigenvalue weighted by Crippen LogP contribution is -2.22. The Morgan fingerprint density at radius 2 is 1.26 bits per heavy atom. The molecule has 0 fully saturated rings. The van der Waals surface area contributed by atoms with E-state index in [9.17, 15) is 0 Å². The summed E-state index contributed by atoms with van der Waals surface area (Å²) in [5, 5.41) is 8.41. The largest absolute Gasteiger partial charge is 0.394 e. The van der Waals surface area contributed by atoms with Crippen molar-refractivity contribution in [1.82, 2.24) is 0 Å². The van der Waals surface area contributed by atoms with E-state index in [1.807, 2.05) is 20.8 Å². The summed E-state index contributed by atoms with van der Waals surface area (Å²) in [5.41, 5.74) is -0.100. The zero-order valence-corrected chi connectivity index (χ0v) is 12.4. The van der Waals surface area contributed by atoms with Gasteiger partial charge in [0.25, 0.3) is 0 Å². The standard InChI is InChI=1S/C10H22O4.H2O4S/c1-10(2,3)14-9-8-13-7-6-12-5-4-11;1-5(2,3)4/h11H,4-9H2,1-3H3;(H2,1,2,3,4). The van der Waals surface area contributed by atoms with E-state index < -0.39 is 10.4 Å². The average Bonchev–Trinajstić information content (AvgIpc) is 2.18. The second-order valence-corrected chi connectivity index (χ2v) is 5.25. The number of hydrogen-bond acceptors (Lipinski definition) is 6. The van der Waals surface area contributed by atoms with E-state index in [2.05, 4.69) is 0 Å². The molecule has 19 heavy (non-hydrogen) atoms. The van der Waals surface area contributed by atoms with Crippen LogP contribution in [-0.2, 0) is 24.6 Å². The van der Waals surface area contributed by atoms with E-state index in [1.165, 1.54) is 0 Å². The van der Waals surface area contributed by atoms with Gasteiger partial charge >= 0.3 is 10.4 Å². The van der Waals surface area contributed by atoms with Gasteiger partial charge in [0.15, 0.2) is 0 Å². The fourth-order valence-electron chi connectivity index (χ4n) is 0.793. The molecule has 0 aliphatic carbocycles. The monoisotopic (exact) mass is 304 g/mol. The van der Waals surface area contributed by atoms with Crippen LogP contribution in [0.15, 0.2) is 0 Å². The molecule has 0 radical (unpaired) electrons. The molecule has 0 aromatic rings. The van der Waals surface area contributed by atoms with E-state index in [4.69, 9.17) is 36.8 Å². The van der Waals surface area contributed by atoms with E-state index in [0.717, 1.165) is 0 Å². The highest BCUT2D eigenvalue weighted by atomic mass is 32.3. The first-order chi connectivity index (χ1) is 8.56. The third-order valence-electron chi connectivity index (χ3n) is 1.37. The fraction of sp³-hybridized carbons (Fsp3) is 1.00. The Hall–Kier alpha value is -0.290. The molecule has 0 amide bonds. The number of ether oxygens (including phenoxy) is 3. The minimum Gasteiger partial charge on any atom is -0.394 e. The van der Waals surface area contributed by atoms with E-state index in [-0.39, 0.29) is 12.2 Å². The van der Waals surface area contributed by atoms with Crippen LogP contribution < -0.4 is 0 Å². The Morgan fingerprint density at radius 1 is 0.895 bits per heavy atom. The van der Waals surface area contributed by atoms with Gasteiger partial charge < -0.3 is 19.3 Å². The Kier molecular flexibility index (Phi) is 12.8. The summed E-state index contributed by atoms with van der Waals surface area (Å²) < 4.78 is 47.3. The van der Waals surface area contributed by atoms with Crippen molar-refractivity contribution in [2.24, 2.45) is 0 Å². The number of aliphatic hydroxyl groups excluding tert-OH is 1. The molecule has 0 aromatic heterocycles. The molecule has 0 aromatic carbocycles. The maximum atomic E-state index is 8.74. The Labute approximate surface area is 114 Å². The summed E-state index contributed by atoms with van der Waals surface area (Å²) in [5.74, 6) is 0. The lowest BCUT2D eigenvalue weighted by Gasteiger charge is -2.19. The van der Waals surface area contributed by atoms with Crippen LogP contribution in [0.4, 0.5) is 0 Å². The van der Waals surface area contributed by atoms with Crippen molar-refractivity contribution in [2.45, 2.75) is 26.4 Å². The van der Waals surface area contributed by atoms with Gasteiger partial charge in [0.2, 0.25) is 0 Å². The molecule has 0 saturated heterocycles. The molecule has 118 valence electrons. The number of aliphatic hydroxyl groups is 1. The Morgan fingerprint density at radius 3 is 1.63 bits per heavy atom. The second-order valence-electron chi connectivity index (χ2n) is 4.36. The summed E-state index contributed by atoms with van der Waals surface area (Å²) >= 11 is 0. The Bertz CT molecular complexity index is 274. The lowest BCUT2D eigenvalue weighted by molar-refractivity contribution is -0.0436. The smallest absolute Gasteiger partial charge is 0.394 e. The first-order valence-corrected chi connectivity index (χ1v) is 7.06. The minimum absolute atomic E-state index is 0.0626. The predicted octanol–water partition coefficient (Wildman–Crippen LogP) is 0.174. The van der Waals surface area contributed by atoms with Crippen LogP contribution in [0.2, 0.25) is 0 Å². The van der Waals surface area contributed by atoms with Gasteiger partial charge in [-0.1, -0.05) is 0 Å². The lowest BCUT2D eigenvalue weighted by atomic mass is 10.2. The zero-order chi connectivity index (χ0) is 15.4. The van der Waals surface area contributed by atoms with Gasteiger partial charge in [0.1, 0.15) is 0 Å². The normalized spacial score (nSPS) is 11.9. The van der Waals surface area contributed by atoms with Gasteiger partial charge in [-0.2, -0.15) is 8.42 Å². The minimum atomic E-state index is -4.67. The highest BCUT2D eigenvalue weighted by Crippen LogP contribution is 2.05. The molecule has 0 aliphatic heterocycles. The summed E-state index contributed by atoms with van der Waals surface area (Å²) in [6, 6.07) is 0. The Balaban J connectivity index is 0. The molecular weight excluding hydrogens is 280 g/mol. The van der Waals surface area contributed by atoms with Crippen LogP contribution in [-0.4, -0.2) is 67.9 Å². The van der Waals surface area contributed by atoms with Gasteiger partial charge in [-0.15, -0.1) is 0 Å². The van der Waals surface area contributed by atoms with Crippen molar-refractivity contribution in [1.29, 1.82) is 0 Å². The SMILES string of the molecule is CC(C)(C)OCCOCCOCCO.O=S(=O)(O)O. The van der Waals surface area contributed by atoms with Crippen molar-refractivity contribution in [3.63, 3.8) is 0 Å². The molecule has 0 atom stereocenters. The fourth-order valence-corrected chi connectivity index (χ4v) is 0.793.